The van der Waals surface area contributed by atoms with Crippen LogP contribution in [0.5, 0.6) is 0 Å². The lowest BCUT2D eigenvalue weighted by atomic mass is 10.3. The zero-order valence-corrected chi connectivity index (χ0v) is 10.1. The summed E-state index contributed by atoms with van der Waals surface area (Å²) < 4.78 is 9.93. The highest BCUT2D eigenvalue weighted by Gasteiger charge is 2.03. The summed E-state index contributed by atoms with van der Waals surface area (Å²) >= 11 is 5.88. The third-order valence-electron chi connectivity index (χ3n) is 2.07. The molecule has 2 heterocycles. The molecule has 0 radical (unpaired) electrons. The molecule has 0 aromatic carbocycles. The molecule has 0 aliphatic carbocycles. The van der Waals surface area contributed by atoms with Gasteiger partial charge in [0.2, 0.25) is 0 Å². The van der Waals surface area contributed by atoms with Gasteiger partial charge in [0.05, 0.1) is 12.5 Å². The standard InChI is InChI=1S/C11H12ClN3O2/c1-16-7-11-14-9(12)4-10(15-11)13-5-8-2-3-17-6-8/h2-4,6H,5,7H2,1H3,(H,13,14,15). The van der Waals surface area contributed by atoms with Gasteiger partial charge >= 0.3 is 0 Å². The zero-order valence-electron chi connectivity index (χ0n) is 9.31. The van der Waals surface area contributed by atoms with Gasteiger partial charge in [0.15, 0.2) is 5.82 Å². The molecule has 6 heteroatoms. The first kappa shape index (κ1) is 11.9. The molecule has 90 valence electrons. The third-order valence-corrected chi connectivity index (χ3v) is 2.26. The van der Waals surface area contributed by atoms with E-state index in [1.807, 2.05) is 6.07 Å². The lowest BCUT2D eigenvalue weighted by Gasteiger charge is -2.06. The fourth-order valence-electron chi connectivity index (χ4n) is 1.33. The maximum Gasteiger partial charge on any atom is 0.158 e. The summed E-state index contributed by atoms with van der Waals surface area (Å²) in [5.74, 6) is 1.22. The Morgan fingerprint density at radius 1 is 1.47 bits per heavy atom. The maximum absolute atomic E-state index is 5.88. The second-order valence-electron chi connectivity index (χ2n) is 3.41. The van der Waals surface area contributed by atoms with Crippen LogP contribution in [0, 0.1) is 0 Å². The number of nitrogens with zero attached hydrogens (tertiary/aromatic N) is 2. The number of aromatic nitrogens is 2. The number of anilines is 1. The van der Waals surface area contributed by atoms with Crippen LogP contribution >= 0.6 is 11.6 Å². The highest BCUT2D eigenvalue weighted by Crippen LogP contribution is 2.13. The molecule has 0 atom stereocenters. The van der Waals surface area contributed by atoms with Gasteiger partial charge in [-0.15, -0.1) is 0 Å². The fraction of sp³-hybridized carbons (Fsp3) is 0.273. The van der Waals surface area contributed by atoms with E-state index >= 15 is 0 Å². The molecule has 2 aromatic heterocycles. The van der Waals surface area contributed by atoms with Gasteiger partial charge in [-0.2, -0.15) is 0 Å². The van der Waals surface area contributed by atoms with Crippen LogP contribution in [-0.4, -0.2) is 17.1 Å². The summed E-state index contributed by atoms with van der Waals surface area (Å²) in [6, 6.07) is 3.55. The molecular formula is C11H12ClN3O2. The van der Waals surface area contributed by atoms with Crippen molar-refractivity contribution >= 4 is 17.4 Å². The lowest BCUT2D eigenvalue weighted by Crippen LogP contribution is -2.04. The van der Waals surface area contributed by atoms with Crippen LogP contribution in [0.4, 0.5) is 5.82 Å². The number of nitrogens with one attached hydrogen (secondary N) is 1. The smallest absolute Gasteiger partial charge is 0.158 e. The Bertz CT molecular complexity index is 474. The molecule has 2 rings (SSSR count). The number of hydrogen-bond donors (Lipinski definition) is 1. The van der Waals surface area contributed by atoms with Crippen LogP contribution in [-0.2, 0) is 17.9 Å². The number of furan rings is 1. The van der Waals surface area contributed by atoms with Crippen molar-refractivity contribution in [3.63, 3.8) is 0 Å². The van der Waals surface area contributed by atoms with Crippen LogP contribution in [0.1, 0.15) is 11.4 Å². The van der Waals surface area contributed by atoms with Crippen LogP contribution in [0.15, 0.2) is 29.1 Å². The van der Waals surface area contributed by atoms with Gasteiger partial charge in [0, 0.05) is 25.3 Å². The average Bonchev–Trinajstić information content (AvgIpc) is 2.79. The van der Waals surface area contributed by atoms with Crippen molar-refractivity contribution in [3.8, 4) is 0 Å². The summed E-state index contributed by atoms with van der Waals surface area (Å²) in [4.78, 5) is 8.30. The van der Waals surface area contributed by atoms with Gasteiger partial charge < -0.3 is 14.5 Å². The maximum atomic E-state index is 5.88. The second kappa shape index (κ2) is 5.65. The number of hydrogen-bond acceptors (Lipinski definition) is 5. The van der Waals surface area contributed by atoms with E-state index in [1.165, 1.54) is 0 Å². The van der Waals surface area contributed by atoms with Gasteiger partial charge in [-0.3, -0.25) is 0 Å². The summed E-state index contributed by atoms with van der Waals surface area (Å²) in [7, 11) is 1.59. The number of ether oxygens (including phenoxy) is 1. The van der Waals surface area contributed by atoms with Gasteiger partial charge in [-0.1, -0.05) is 11.6 Å². The summed E-state index contributed by atoms with van der Waals surface area (Å²) in [5.41, 5.74) is 1.04. The average molecular weight is 254 g/mol. The SMILES string of the molecule is COCc1nc(Cl)cc(NCc2ccoc2)n1. The quantitative estimate of drug-likeness (QED) is 0.830. The number of halogens is 1. The van der Waals surface area contributed by atoms with E-state index in [0.717, 1.165) is 5.56 Å². The summed E-state index contributed by atoms with van der Waals surface area (Å²) in [6.07, 6.45) is 3.30. The van der Waals surface area contributed by atoms with Crippen LogP contribution in [0.25, 0.3) is 0 Å². The minimum atomic E-state index is 0.334. The lowest BCUT2D eigenvalue weighted by molar-refractivity contribution is 0.178. The highest BCUT2D eigenvalue weighted by atomic mass is 35.5. The predicted octanol–water partition coefficient (Wildman–Crippen LogP) is 2.48. The molecule has 1 N–H and O–H groups in total. The fourth-order valence-corrected chi connectivity index (χ4v) is 1.54. The van der Waals surface area contributed by atoms with Crippen LogP contribution in [0.2, 0.25) is 5.15 Å². The van der Waals surface area contributed by atoms with E-state index in [2.05, 4.69) is 15.3 Å². The minimum Gasteiger partial charge on any atom is -0.472 e. The molecule has 0 aliphatic rings. The topological polar surface area (TPSA) is 60.2 Å². The monoisotopic (exact) mass is 253 g/mol. The predicted molar refractivity (Wildman–Crippen MR) is 63.8 cm³/mol. The van der Waals surface area contributed by atoms with Crippen molar-refractivity contribution in [1.82, 2.24) is 9.97 Å². The van der Waals surface area contributed by atoms with Gasteiger partial charge in [0.1, 0.15) is 17.6 Å². The number of methoxy groups -OCH3 is 1. The van der Waals surface area contributed by atoms with E-state index in [4.69, 9.17) is 20.8 Å². The third kappa shape index (κ3) is 3.44. The van der Waals surface area contributed by atoms with Crippen molar-refractivity contribution in [2.75, 3.05) is 12.4 Å². The van der Waals surface area contributed by atoms with Crippen molar-refractivity contribution in [2.45, 2.75) is 13.2 Å². The molecule has 0 saturated heterocycles. The van der Waals surface area contributed by atoms with Crippen LogP contribution < -0.4 is 5.32 Å². The first-order valence-corrected chi connectivity index (χ1v) is 5.43. The minimum absolute atomic E-state index is 0.334. The Morgan fingerprint density at radius 3 is 3.06 bits per heavy atom. The van der Waals surface area contributed by atoms with Gasteiger partial charge in [-0.25, -0.2) is 9.97 Å². The summed E-state index contributed by atoms with van der Waals surface area (Å²) in [6.45, 7) is 0.956. The first-order valence-electron chi connectivity index (χ1n) is 5.05. The largest absolute Gasteiger partial charge is 0.472 e. The van der Waals surface area contributed by atoms with Gasteiger partial charge in [-0.05, 0) is 6.07 Å². The second-order valence-corrected chi connectivity index (χ2v) is 3.80. The Hall–Kier alpha value is -1.59. The molecule has 0 saturated carbocycles. The normalized spacial score (nSPS) is 10.5. The van der Waals surface area contributed by atoms with Gasteiger partial charge in [0.25, 0.3) is 0 Å². The van der Waals surface area contributed by atoms with E-state index in [1.54, 1.807) is 25.7 Å². The molecule has 0 amide bonds. The molecule has 5 nitrogen and oxygen atoms in total. The van der Waals surface area contributed by atoms with E-state index in [9.17, 15) is 0 Å². The molecule has 0 unspecified atom stereocenters. The highest BCUT2D eigenvalue weighted by molar-refractivity contribution is 6.29. The van der Waals surface area contributed by atoms with E-state index < -0.39 is 0 Å². The molecule has 0 aliphatic heterocycles. The van der Waals surface area contributed by atoms with Crippen LogP contribution in [0.3, 0.4) is 0 Å². The van der Waals surface area contributed by atoms with Crippen molar-refractivity contribution in [2.24, 2.45) is 0 Å². The molecular weight excluding hydrogens is 242 g/mol. The Balaban J connectivity index is 2.04. The van der Waals surface area contributed by atoms with Crippen molar-refractivity contribution < 1.29 is 9.15 Å². The molecule has 0 fully saturated rings. The molecule has 0 bridgehead atoms. The van der Waals surface area contributed by atoms with Crippen molar-refractivity contribution in [3.05, 3.63) is 41.2 Å². The number of rotatable bonds is 5. The molecule has 17 heavy (non-hydrogen) atoms. The Labute approximate surface area is 104 Å². The summed E-state index contributed by atoms with van der Waals surface area (Å²) in [5, 5.41) is 3.53. The molecule has 2 aromatic rings. The Morgan fingerprint density at radius 2 is 2.35 bits per heavy atom. The first-order chi connectivity index (χ1) is 8.28. The Kier molecular flexibility index (Phi) is 3.95. The van der Waals surface area contributed by atoms with Crippen molar-refractivity contribution in [1.29, 1.82) is 0 Å². The van der Waals surface area contributed by atoms with E-state index in [-0.39, 0.29) is 0 Å². The zero-order chi connectivity index (χ0) is 12.1. The van der Waals surface area contributed by atoms with E-state index in [0.29, 0.717) is 29.9 Å². The molecule has 0 spiro atoms.